The Bertz CT molecular complexity index is 959. The fourth-order valence-corrected chi connectivity index (χ4v) is 4.29. The number of nitrogens with one attached hydrogen (secondary N) is 2. The molecule has 1 unspecified atom stereocenters. The number of ether oxygens (including phenoxy) is 1. The summed E-state index contributed by atoms with van der Waals surface area (Å²) in [7, 11) is 0. The first-order valence-electron chi connectivity index (χ1n) is 12.0. The van der Waals surface area contributed by atoms with Crippen molar-refractivity contribution in [2.75, 3.05) is 13.2 Å². The third-order valence-electron chi connectivity index (χ3n) is 6.10. The van der Waals surface area contributed by atoms with Crippen LogP contribution in [0.2, 0.25) is 0 Å². The summed E-state index contributed by atoms with van der Waals surface area (Å²) < 4.78 is 5.60. The largest absolute Gasteiger partial charge is 0.481 e. The molecule has 7 heteroatoms. The van der Waals surface area contributed by atoms with Crippen LogP contribution in [0.1, 0.15) is 63.0 Å². The van der Waals surface area contributed by atoms with Crippen LogP contribution in [0.25, 0.3) is 11.1 Å². The molecule has 1 aliphatic rings. The van der Waals surface area contributed by atoms with Crippen molar-refractivity contribution in [1.82, 2.24) is 10.6 Å². The smallest absolute Gasteiger partial charge is 0.407 e. The average Bonchev–Trinajstić information content (AvgIpc) is 3.13. The van der Waals surface area contributed by atoms with Crippen LogP contribution in [0.15, 0.2) is 48.5 Å². The van der Waals surface area contributed by atoms with E-state index in [-0.39, 0.29) is 24.9 Å². The van der Waals surface area contributed by atoms with Crippen LogP contribution in [0.4, 0.5) is 4.79 Å². The predicted molar refractivity (Wildman–Crippen MR) is 131 cm³/mol. The molecule has 0 fully saturated rings. The molecule has 3 rings (SSSR count). The van der Waals surface area contributed by atoms with Gasteiger partial charge in [-0.3, -0.25) is 9.59 Å². The number of hydrogen-bond acceptors (Lipinski definition) is 4. The van der Waals surface area contributed by atoms with Crippen LogP contribution < -0.4 is 10.6 Å². The van der Waals surface area contributed by atoms with Crippen LogP contribution in [0, 0.1) is 5.92 Å². The summed E-state index contributed by atoms with van der Waals surface area (Å²) in [5.41, 5.74) is 4.58. The zero-order valence-corrected chi connectivity index (χ0v) is 19.9. The van der Waals surface area contributed by atoms with E-state index in [9.17, 15) is 14.4 Å². The van der Waals surface area contributed by atoms with Gasteiger partial charge in [-0.05, 0) is 53.9 Å². The first-order valence-corrected chi connectivity index (χ1v) is 12.0. The van der Waals surface area contributed by atoms with E-state index >= 15 is 0 Å². The molecule has 0 aromatic heterocycles. The third-order valence-corrected chi connectivity index (χ3v) is 6.10. The quantitative estimate of drug-likeness (QED) is 0.393. The molecule has 0 saturated carbocycles. The number of amides is 2. The van der Waals surface area contributed by atoms with Gasteiger partial charge in [0.25, 0.3) is 0 Å². The number of aliphatic carboxylic acids is 1. The van der Waals surface area contributed by atoms with Gasteiger partial charge in [0.15, 0.2) is 0 Å². The van der Waals surface area contributed by atoms with Gasteiger partial charge in [0.2, 0.25) is 5.91 Å². The zero-order chi connectivity index (χ0) is 24.5. The van der Waals surface area contributed by atoms with Gasteiger partial charge in [-0.1, -0.05) is 62.4 Å². The van der Waals surface area contributed by atoms with Crippen molar-refractivity contribution in [3.05, 3.63) is 59.7 Å². The number of fused-ring (bicyclic) bond motifs is 3. The summed E-state index contributed by atoms with van der Waals surface area (Å²) >= 11 is 0. The second kappa shape index (κ2) is 12.2. The predicted octanol–water partition coefficient (Wildman–Crippen LogP) is 4.70. The molecular weight excluding hydrogens is 432 g/mol. The maximum Gasteiger partial charge on any atom is 0.407 e. The van der Waals surface area contributed by atoms with Crippen molar-refractivity contribution in [3.63, 3.8) is 0 Å². The number of alkyl carbamates (subject to hydrolysis) is 1. The lowest BCUT2D eigenvalue weighted by atomic mass is 9.98. The van der Waals surface area contributed by atoms with Crippen molar-refractivity contribution in [3.8, 4) is 11.1 Å². The lowest BCUT2D eigenvalue weighted by molar-refractivity contribution is -0.137. The van der Waals surface area contributed by atoms with Crippen LogP contribution >= 0.6 is 0 Å². The Labute approximate surface area is 200 Å². The molecule has 0 radical (unpaired) electrons. The standard InChI is InChI=1S/C27H34N2O5/c1-18(2)14-15-24(26(32)28-16-8-7-13-25(30)31)29-27(33)34-17-23-21-11-5-3-9-19(21)20-10-4-6-12-22(20)23/h3-6,9-12,18,23-24H,7-8,13-17H2,1-2H3,(H,28,32)(H,29,33)(H,30,31). The molecule has 7 nitrogen and oxygen atoms in total. The number of benzene rings is 2. The SMILES string of the molecule is CC(C)CCC(NC(=O)OCC1c2ccccc2-c2ccccc21)C(=O)NCCCCC(=O)O. The molecule has 0 spiro atoms. The van der Waals surface area contributed by atoms with Crippen LogP contribution in [0.3, 0.4) is 0 Å². The summed E-state index contributed by atoms with van der Waals surface area (Å²) in [6.45, 7) is 4.69. The van der Waals surface area contributed by atoms with Crippen LogP contribution in [-0.2, 0) is 14.3 Å². The molecule has 1 aliphatic carbocycles. The number of hydrogen-bond donors (Lipinski definition) is 3. The van der Waals surface area contributed by atoms with Gasteiger partial charge in [-0.15, -0.1) is 0 Å². The first kappa shape index (κ1) is 25.3. The highest BCUT2D eigenvalue weighted by Gasteiger charge is 2.29. The van der Waals surface area contributed by atoms with Gasteiger partial charge in [-0.25, -0.2) is 4.79 Å². The van der Waals surface area contributed by atoms with Gasteiger partial charge >= 0.3 is 12.1 Å². The highest BCUT2D eigenvalue weighted by atomic mass is 16.5. The summed E-state index contributed by atoms with van der Waals surface area (Å²) in [5, 5.41) is 14.3. The average molecular weight is 467 g/mol. The maximum absolute atomic E-state index is 12.7. The highest BCUT2D eigenvalue weighted by Crippen LogP contribution is 2.44. The van der Waals surface area contributed by atoms with Gasteiger partial charge in [0.05, 0.1) is 0 Å². The minimum absolute atomic E-state index is 0.0460. The summed E-state index contributed by atoms with van der Waals surface area (Å²) in [6, 6.07) is 15.6. The van der Waals surface area contributed by atoms with Gasteiger partial charge < -0.3 is 20.5 Å². The fraction of sp³-hybridized carbons (Fsp3) is 0.444. The van der Waals surface area contributed by atoms with E-state index in [0.717, 1.165) is 28.7 Å². The Kier molecular flexibility index (Phi) is 9.08. The Morgan fingerprint density at radius 2 is 1.56 bits per heavy atom. The lowest BCUT2D eigenvalue weighted by Gasteiger charge is -2.20. The van der Waals surface area contributed by atoms with E-state index < -0.39 is 18.1 Å². The molecule has 0 bridgehead atoms. The molecule has 0 saturated heterocycles. The molecule has 2 aromatic rings. The van der Waals surface area contributed by atoms with Gasteiger partial charge in [0, 0.05) is 18.9 Å². The minimum atomic E-state index is -0.849. The Morgan fingerprint density at radius 1 is 0.941 bits per heavy atom. The van der Waals surface area contributed by atoms with Crippen LogP contribution in [0.5, 0.6) is 0 Å². The van der Waals surface area contributed by atoms with E-state index in [0.29, 0.717) is 31.7 Å². The third kappa shape index (κ3) is 6.83. The molecule has 0 heterocycles. The summed E-state index contributed by atoms with van der Waals surface area (Å²) in [5.74, 6) is -0.784. The molecule has 2 amide bonds. The number of carboxylic acids is 1. The van der Waals surface area contributed by atoms with E-state index in [2.05, 4.69) is 48.7 Å². The zero-order valence-electron chi connectivity index (χ0n) is 19.9. The molecule has 34 heavy (non-hydrogen) atoms. The number of rotatable bonds is 12. The van der Waals surface area contributed by atoms with Crippen molar-refractivity contribution < 1.29 is 24.2 Å². The topological polar surface area (TPSA) is 105 Å². The summed E-state index contributed by atoms with van der Waals surface area (Å²) in [6.07, 6.45) is 1.80. The molecule has 182 valence electrons. The molecule has 1 atom stereocenters. The number of carbonyl (C=O) groups excluding carboxylic acids is 2. The Balaban J connectivity index is 1.57. The normalized spacial score (nSPS) is 13.1. The molecular formula is C27H34N2O5. The van der Waals surface area contributed by atoms with Crippen molar-refractivity contribution in [2.45, 2.75) is 57.9 Å². The number of carboxylic acid groups (broad SMARTS) is 1. The van der Waals surface area contributed by atoms with Crippen LogP contribution in [-0.4, -0.2) is 42.3 Å². The second-order valence-corrected chi connectivity index (χ2v) is 9.14. The van der Waals surface area contributed by atoms with Gasteiger partial charge in [0.1, 0.15) is 12.6 Å². The van der Waals surface area contributed by atoms with Crippen molar-refractivity contribution >= 4 is 18.0 Å². The molecule has 3 N–H and O–H groups in total. The monoisotopic (exact) mass is 466 g/mol. The number of unbranched alkanes of at least 4 members (excludes halogenated alkanes) is 1. The van der Waals surface area contributed by atoms with E-state index in [1.54, 1.807) is 0 Å². The van der Waals surface area contributed by atoms with E-state index in [1.807, 2.05) is 24.3 Å². The first-order chi connectivity index (χ1) is 16.4. The van der Waals surface area contributed by atoms with E-state index in [1.165, 1.54) is 0 Å². The van der Waals surface area contributed by atoms with E-state index in [4.69, 9.17) is 9.84 Å². The molecule has 2 aromatic carbocycles. The Hall–Kier alpha value is -3.35. The highest BCUT2D eigenvalue weighted by molar-refractivity contribution is 5.85. The van der Waals surface area contributed by atoms with Crippen molar-refractivity contribution in [2.24, 2.45) is 5.92 Å². The molecule has 0 aliphatic heterocycles. The van der Waals surface area contributed by atoms with Crippen molar-refractivity contribution in [1.29, 1.82) is 0 Å². The maximum atomic E-state index is 12.7. The minimum Gasteiger partial charge on any atom is -0.481 e. The second-order valence-electron chi connectivity index (χ2n) is 9.14. The van der Waals surface area contributed by atoms with Gasteiger partial charge in [-0.2, -0.15) is 0 Å². The summed E-state index contributed by atoms with van der Waals surface area (Å²) in [4.78, 5) is 36.0. The lowest BCUT2D eigenvalue weighted by Crippen LogP contribution is -2.47. The number of carbonyl (C=O) groups is 3. The fourth-order valence-electron chi connectivity index (χ4n) is 4.29. The Morgan fingerprint density at radius 3 is 2.15 bits per heavy atom.